The number of hydrogen-bond acceptors (Lipinski definition) is 2. The molecule has 1 saturated heterocycles. The summed E-state index contributed by atoms with van der Waals surface area (Å²) in [5.74, 6) is 0.631. The Morgan fingerprint density at radius 3 is 2.42 bits per heavy atom. The number of thiocarbonyl (C=S) groups is 1. The van der Waals surface area contributed by atoms with Crippen LogP contribution in [-0.4, -0.2) is 18.1 Å². The van der Waals surface area contributed by atoms with Crippen molar-refractivity contribution in [1.29, 1.82) is 0 Å². The van der Waals surface area contributed by atoms with Crippen LogP contribution in [0.2, 0.25) is 0 Å². The summed E-state index contributed by atoms with van der Waals surface area (Å²) < 4.78 is 5.39. The Labute approximate surface area is 122 Å². The fourth-order valence-electron chi connectivity index (χ4n) is 2.63. The Kier molecular flexibility index (Phi) is 5.99. The fraction of sp³-hybridized carbons (Fsp3) is 0.588. The zero-order chi connectivity index (χ0) is 13.5. The van der Waals surface area contributed by atoms with Gasteiger partial charge in [0.05, 0.1) is 0 Å². The monoisotopic (exact) mass is 276 g/mol. The van der Waals surface area contributed by atoms with Gasteiger partial charge in [-0.25, -0.2) is 0 Å². The van der Waals surface area contributed by atoms with Gasteiger partial charge in [-0.1, -0.05) is 43.4 Å². The molecular weight excluding hydrogens is 252 g/mol. The van der Waals surface area contributed by atoms with E-state index in [2.05, 4.69) is 31.2 Å². The van der Waals surface area contributed by atoms with Crippen molar-refractivity contribution in [3.63, 3.8) is 0 Å². The minimum absolute atomic E-state index is 0.631. The van der Waals surface area contributed by atoms with Crippen LogP contribution in [0.4, 0.5) is 0 Å². The summed E-state index contributed by atoms with van der Waals surface area (Å²) in [4.78, 5) is 1.27. The Balaban J connectivity index is 1.71. The standard InChI is InChI=1S/C17H24OS/c1-2-14-6-8-15(9-7-14)4-3-5-17(19)16-10-12-18-13-11-16/h6-9,16H,2-5,10-13H2,1H3. The Morgan fingerprint density at radius 1 is 1.16 bits per heavy atom. The van der Waals surface area contributed by atoms with Gasteiger partial charge < -0.3 is 4.74 Å². The minimum Gasteiger partial charge on any atom is -0.381 e. The van der Waals surface area contributed by atoms with E-state index in [0.29, 0.717) is 5.92 Å². The summed E-state index contributed by atoms with van der Waals surface area (Å²) in [6.45, 7) is 3.98. The molecule has 0 saturated carbocycles. The van der Waals surface area contributed by atoms with Gasteiger partial charge in [0.15, 0.2) is 0 Å². The molecule has 1 aliphatic heterocycles. The van der Waals surface area contributed by atoms with Crippen molar-refractivity contribution in [2.24, 2.45) is 5.92 Å². The van der Waals surface area contributed by atoms with E-state index in [-0.39, 0.29) is 0 Å². The summed E-state index contributed by atoms with van der Waals surface area (Å²) in [6.07, 6.45) is 6.80. The molecule has 0 N–H and O–H groups in total. The van der Waals surface area contributed by atoms with Crippen LogP contribution in [0.1, 0.15) is 43.7 Å². The van der Waals surface area contributed by atoms with E-state index < -0.39 is 0 Å². The highest BCUT2D eigenvalue weighted by Gasteiger charge is 2.17. The average Bonchev–Trinajstić information content (AvgIpc) is 2.49. The van der Waals surface area contributed by atoms with Crippen LogP contribution < -0.4 is 0 Å². The summed E-state index contributed by atoms with van der Waals surface area (Å²) in [6, 6.07) is 9.00. The molecule has 2 rings (SSSR count). The summed E-state index contributed by atoms with van der Waals surface area (Å²) >= 11 is 5.57. The van der Waals surface area contributed by atoms with Crippen LogP contribution in [0.25, 0.3) is 0 Å². The molecule has 1 fully saturated rings. The van der Waals surface area contributed by atoms with Crippen LogP contribution in [0.15, 0.2) is 24.3 Å². The van der Waals surface area contributed by atoms with Gasteiger partial charge in [-0.3, -0.25) is 0 Å². The van der Waals surface area contributed by atoms with Gasteiger partial charge in [0.25, 0.3) is 0 Å². The Bertz CT molecular complexity index is 390. The van der Waals surface area contributed by atoms with Crippen molar-refractivity contribution in [3.8, 4) is 0 Å². The third-order valence-electron chi connectivity index (χ3n) is 4.00. The van der Waals surface area contributed by atoms with Crippen LogP contribution in [0.5, 0.6) is 0 Å². The molecule has 1 heterocycles. The number of benzene rings is 1. The number of aryl methyl sites for hydroxylation is 2. The van der Waals surface area contributed by atoms with E-state index in [0.717, 1.165) is 45.3 Å². The molecule has 0 unspecified atom stereocenters. The van der Waals surface area contributed by atoms with E-state index in [4.69, 9.17) is 17.0 Å². The lowest BCUT2D eigenvalue weighted by Gasteiger charge is -2.22. The van der Waals surface area contributed by atoms with Crippen LogP contribution >= 0.6 is 12.2 Å². The molecule has 0 amide bonds. The van der Waals surface area contributed by atoms with E-state index in [9.17, 15) is 0 Å². The topological polar surface area (TPSA) is 9.23 Å². The predicted octanol–water partition coefficient (Wildman–Crippen LogP) is 4.37. The van der Waals surface area contributed by atoms with Crippen LogP contribution in [0, 0.1) is 5.92 Å². The summed E-state index contributed by atoms with van der Waals surface area (Å²) in [5.41, 5.74) is 2.86. The molecule has 0 bridgehead atoms. The molecule has 1 aliphatic rings. The van der Waals surface area contributed by atoms with Gasteiger partial charge in [0.2, 0.25) is 0 Å². The predicted molar refractivity (Wildman–Crippen MR) is 84.9 cm³/mol. The largest absolute Gasteiger partial charge is 0.381 e. The van der Waals surface area contributed by atoms with Gasteiger partial charge in [-0.15, -0.1) is 0 Å². The Morgan fingerprint density at radius 2 is 1.79 bits per heavy atom. The van der Waals surface area contributed by atoms with E-state index in [1.54, 1.807) is 0 Å². The van der Waals surface area contributed by atoms with Crippen molar-refractivity contribution in [2.75, 3.05) is 13.2 Å². The first-order valence-electron chi connectivity index (χ1n) is 7.48. The molecule has 2 heteroatoms. The van der Waals surface area contributed by atoms with Crippen molar-refractivity contribution in [1.82, 2.24) is 0 Å². The maximum Gasteiger partial charge on any atom is 0.0472 e. The lowest BCUT2D eigenvalue weighted by Crippen LogP contribution is -2.22. The van der Waals surface area contributed by atoms with Crippen LogP contribution in [0.3, 0.4) is 0 Å². The maximum atomic E-state index is 5.57. The van der Waals surface area contributed by atoms with Gasteiger partial charge in [0, 0.05) is 13.2 Å². The molecule has 1 aromatic carbocycles. The second-order valence-corrected chi connectivity index (χ2v) is 5.90. The normalized spacial score (nSPS) is 16.5. The second-order valence-electron chi connectivity index (χ2n) is 5.38. The smallest absolute Gasteiger partial charge is 0.0472 e. The van der Waals surface area contributed by atoms with Gasteiger partial charge in [0.1, 0.15) is 0 Å². The molecule has 0 spiro atoms. The highest BCUT2D eigenvalue weighted by Crippen LogP contribution is 2.20. The Hall–Kier alpha value is -0.730. The first kappa shape index (κ1) is 14.7. The zero-order valence-corrected chi connectivity index (χ0v) is 12.7. The molecular formula is C17H24OS. The van der Waals surface area contributed by atoms with Crippen LogP contribution in [-0.2, 0) is 17.6 Å². The highest BCUT2D eigenvalue weighted by atomic mass is 32.1. The molecule has 1 aromatic rings. The van der Waals surface area contributed by atoms with Crippen molar-refractivity contribution in [3.05, 3.63) is 35.4 Å². The minimum atomic E-state index is 0.631. The van der Waals surface area contributed by atoms with E-state index in [1.165, 1.54) is 22.4 Å². The highest BCUT2D eigenvalue weighted by molar-refractivity contribution is 7.80. The molecule has 0 radical (unpaired) electrons. The lowest BCUT2D eigenvalue weighted by molar-refractivity contribution is 0.0829. The quantitative estimate of drug-likeness (QED) is 0.714. The molecule has 0 aromatic heterocycles. The first-order chi connectivity index (χ1) is 9.29. The average molecular weight is 276 g/mol. The number of ether oxygens (including phenoxy) is 1. The molecule has 0 aliphatic carbocycles. The third kappa shape index (κ3) is 4.70. The maximum absolute atomic E-state index is 5.57. The van der Waals surface area contributed by atoms with Crippen molar-refractivity contribution >= 4 is 17.1 Å². The molecule has 1 nitrogen and oxygen atoms in total. The number of hydrogen-bond donors (Lipinski definition) is 0. The number of rotatable bonds is 6. The van der Waals surface area contributed by atoms with E-state index >= 15 is 0 Å². The molecule has 0 atom stereocenters. The van der Waals surface area contributed by atoms with E-state index in [1.807, 2.05) is 0 Å². The summed E-state index contributed by atoms with van der Waals surface area (Å²) in [7, 11) is 0. The second kappa shape index (κ2) is 7.76. The van der Waals surface area contributed by atoms with Crippen molar-refractivity contribution in [2.45, 2.75) is 45.4 Å². The zero-order valence-electron chi connectivity index (χ0n) is 11.9. The van der Waals surface area contributed by atoms with Gasteiger partial charge in [-0.2, -0.15) is 0 Å². The van der Waals surface area contributed by atoms with Crippen molar-refractivity contribution < 1.29 is 4.74 Å². The fourth-order valence-corrected chi connectivity index (χ4v) is 3.01. The molecule has 104 valence electrons. The molecule has 19 heavy (non-hydrogen) atoms. The van der Waals surface area contributed by atoms with Gasteiger partial charge in [-0.05, 0) is 60.4 Å². The SMILES string of the molecule is CCc1ccc(CCCC(=S)C2CCOCC2)cc1. The lowest BCUT2D eigenvalue weighted by atomic mass is 9.93. The third-order valence-corrected chi connectivity index (χ3v) is 4.53. The van der Waals surface area contributed by atoms with Gasteiger partial charge >= 0.3 is 0 Å². The first-order valence-corrected chi connectivity index (χ1v) is 7.88. The summed E-state index contributed by atoms with van der Waals surface area (Å²) in [5, 5.41) is 0.